The topological polar surface area (TPSA) is 190 Å². The number of aromatic nitrogens is 2. The molecule has 1 aliphatic heterocycles. The van der Waals surface area contributed by atoms with Crippen LogP contribution in [0.5, 0.6) is 11.5 Å². The molecule has 6 rings (SSSR count). The fourth-order valence-electron chi connectivity index (χ4n) is 7.47. The maximum atomic E-state index is 13.1. The number of nitrogens with one attached hydrogen (secondary N) is 2. The van der Waals surface area contributed by atoms with Crippen molar-refractivity contribution in [3.05, 3.63) is 129 Å². The van der Waals surface area contributed by atoms with E-state index in [9.17, 15) is 39.6 Å². The van der Waals surface area contributed by atoms with Crippen molar-refractivity contribution in [2.24, 2.45) is 0 Å². The summed E-state index contributed by atoms with van der Waals surface area (Å²) in [4.78, 5) is 55.2. The molecular weight excluding hydrogens is 729 g/mol. The Balaban J connectivity index is 1.04. The van der Waals surface area contributed by atoms with Crippen LogP contribution in [-0.2, 0) is 13.0 Å². The number of benzene rings is 3. The van der Waals surface area contributed by atoms with Crippen LogP contribution in [0.3, 0.4) is 0 Å². The fraction of sp³-hybridized carbons (Fsp3) is 0.302. The Labute approximate surface area is 330 Å². The van der Waals surface area contributed by atoms with E-state index in [0.717, 1.165) is 60.1 Å². The molecule has 0 spiro atoms. The first-order valence-electron chi connectivity index (χ1n) is 18.8. The highest BCUT2D eigenvalue weighted by Gasteiger charge is 2.23. The van der Waals surface area contributed by atoms with Crippen LogP contribution in [0.15, 0.2) is 72.8 Å². The molecule has 14 nitrogen and oxygen atoms in total. The molecule has 298 valence electrons. The van der Waals surface area contributed by atoms with Gasteiger partial charge in [0.2, 0.25) is 0 Å². The highest BCUT2D eigenvalue weighted by Crippen LogP contribution is 2.28. The summed E-state index contributed by atoms with van der Waals surface area (Å²) in [7, 11) is 0. The number of phenols is 2. The molecule has 5 aromatic rings. The Kier molecular flexibility index (Phi) is 12.1. The second-order valence-corrected chi connectivity index (χ2v) is 14.5. The monoisotopic (exact) mass is 776 g/mol. The molecule has 0 radical (unpaired) electrons. The number of carbonyl (C=O) groups is 4. The number of rotatable bonds is 14. The number of carboxylic acid groups (broad SMARTS) is 2. The second-order valence-electron chi connectivity index (χ2n) is 14.5. The van der Waals surface area contributed by atoms with Gasteiger partial charge in [-0.1, -0.05) is 6.07 Å². The third-order valence-electron chi connectivity index (χ3n) is 10.6. The van der Waals surface area contributed by atoms with E-state index in [-0.39, 0.29) is 41.0 Å². The maximum absolute atomic E-state index is 13.1. The predicted molar refractivity (Wildman–Crippen MR) is 214 cm³/mol. The Hall–Kier alpha value is -6.38. The second kappa shape index (κ2) is 17.2. The number of aryl methyl sites for hydroxylation is 3. The molecular formula is C43H48N6O8. The lowest BCUT2D eigenvalue weighted by molar-refractivity contribution is 0.0686. The van der Waals surface area contributed by atoms with E-state index in [2.05, 4.69) is 26.5 Å². The summed E-state index contributed by atoms with van der Waals surface area (Å²) in [5.41, 5.74) is 7.00. The van der Waals surface area contributed by atoms with Gasteiger partial charge in [0.05, 0.1) is 22.5 Å². The third-order valence-corrected chi connectivity index (χ3v) is 10.6. The van der Waals surface area contributed by atoms with Crippen molar-refractivity contribution in [2.75, 3.05) is 45.8 Å². The normalized spacial score (nSPS) is 13.4. The smallest absolute Gasteiger partial charge is 0.337 e. The van der Waals surface area contributed by atoms with Gasteiger partial charge in [-0.15, -0.1) is 0 Å². The van der Waals surface area contributed by atoms with Gasteiger partial charge in [0.15, 0.2) is 11.5 Å². The molecule has 1 aliphatic rings. The third kappa shape index (κ3) is 9.03. The highest BCUT2D eigenvalue weighted by molar-refractivity contribution is 5.99. The van der Waals surface area contributed by atoms with Crippen molar-refractivity contribution in [3.8, 4) is 22.9 Å². The van der Waals surface area contributed by atoms with Crippen LogP contribution in [0.2, 0.25) is 0 Å². The number of carboxylic acids is 2. The molecule has 0 unspecified atom stereocenters. The highest BCUT2D eigenvalue weighted by atomic mass is 16.4. The van der Waals surface area contributed by atoms with E-state index in [1.165, 1.54) is 30.3 Å². The quantitative estimate of drug-likeness (QED) is 0.0853. The van der Waals surface area contributed by atoms with Crippen molar-refractivity contribution >= 4 is 23.8 Å². The van der Waals surface area contributed by atoms with E-state index in [1.807, 2.05) is 49.0 Å². The number of hydrogen-bond donors (Lipinski definition) is 6. The molecule has 1 saturated heterocycles. The van der Waals surface area contributed by atoms with Gasteiger partial charge in [-0.05, 0) is 112 Å². The zero-order valence-electron chi connectivity index (χ0n) is 32.5. The number of hydrogen-bond acceptors (Lipinski definition) is 8. The number of carbonyl (C=O) groups excluding carboxylic acids is 2. The average molecular weight is 777 g/mol. The molecule has 57 heavy (non-hydrogen) atoms. The van der Waals surface area contributed by atoms with E-state index in [4.69, 9.17) is 0 Å². The van der Waals surface area contributed by atoms with Crippen LogP contribution in [0.1, 0.15) is 75.3 Å². The van der Waals surface area contributed by atoms with Crippen LogP contribution >= 0.6 is 0 Å². The Morgan fingerprint density at radius 1 is 0.596 bits per heavy atom. The lowest BCUT2D eigenvalue weighted by atomic mass is 10.1. The molecule has 3 aromatic carbocycles. The van der Waals surface area contributed by atoms with Crippen molar-refractivity contribution in [2.45, 2.75) is 40.7 Å². The van der Waals surface area contributed by atoms with E-state index < -0.39 is 11.9 Å². The number of amides is 2. The summed E-state index contributed by atoms with van der Waals surface area (Å²) in [6, 6.07) is 19.5. The lowest BCUT2D eigenvalue weighted by Crippen LogP contribution is -2.48. The largest absolute Gasteiger partial charge is 0.504 e. The van der Waals surface area contributed by atoms with E-state index in [0.29, 0.717) is 48.6 Å². The molecule has 0 saturated carbocycles. The predicted octanol–water partition coefficient (Wildman–Crippen LogP) is 4.83. The van der Waals surface area contributed by atoms with Crippen LogP contribution in [0.4, 0.5) is 0 Å². The summed E-state index contributed by atoms with van der Waals surface area (Å²) < 4.78 is 3.72. The first-order chi connectivity index (χ1) is 27.2. The number of phenolic OH excluding ortho intramolecular Hbond substituents is 2. The van der Waals surface area contributed by atoms with Gasteiger partial charge in [0, 0.05) is 86.3 Å². The number of aromatic hydroxyl groups is 2. The zero-order valence-corrected chi connectivity index (χ0v) is 32.5. The Morgan fingerprint density at radius 3 is 1.70 bits per heavy atom. The summed E-state index contributed by atoms with van der Waals surface area (Å²) in [5.74, 6) is -3.25. The fourth-order valence-corrected chi connectivity index (χ4v) is 7.47. The minimum Gasteiger partial charge on any atom is -0.504 e. The summed E-state index contributed by atoms with van der Waals surface area (Å²) in [6.07, 6.45) is 0.423. The minimum absolute atomic E-state index is 0.0731. The molecule has 2 amide bonds. The number of aromatic carboxylic acids is 2. The molecule has 0 aliphatic carbocycles. The SMILES string of the molecule is Cc1ccc(C)n1-c1cc(C(=O)NCCN2CCN(Cc3cc(C)n(-c4cc(C(=O)NCCc5ccc(O)c(O)c5)ccc4C(=O)O)c3C)CC2)ccc1C(=O)O. The minimum atomic E-state index is -1.10. The number of nitrogens with zero attached hydrogens (tertiary/aromatic N) is 4. The molecule has 0 bridgehead atoms. The summed E-state index contributed by atoms with van der Waals surface area (Å²) >= 11 is 0. The maximum Gasteiger partial charge on any atom is 0.337 e. The van der Waals surface area contributed by atoms with Crippen molar-refractivity contribution in [1.82, 2.24) is 29.6 Å². The zero-order chi connectivity index (χ0) is 41.0. The molecule has 0 atom stereocenters. The molecule has 6 N–H and O–H groups in total. The van der Waals surface area contributed by atoms with Crippen molar-refractivity contribution in [3.63, 3.8) is 0 Å². The van der Waals surface area contributed by atoms with Gasteiger partial charge in [0.1, 0.15) is 0 Å². The van der Waals surface area contributed by atoms with Crippen molar-refractivity contribution < 1.29 is 39.6 Å². The first-order valence-corrected chi connectivity index (χ1v) is 18.8. The Morgan fingerprint density at radius 2 is 1.14 bits per heavy atom. The molecule has 14 heteroatoms. The average Bonchev–Trinajstić information content (AvgIpc) is 3.67. The van der Waals surface area contributed by atoms with Gasteiger partial charge in [0.25, 0.3) is 11.8 Å². The molecule has 1 fully saturated rings. The number of piperazine rings is 1. The summed E-state index contributed by atoms with van der Waals surface area (Å²) in [5, 5.41) is 45.0. The van der Waals surface area contributed by atoms with E-state index in [1.54, 1.807) is 24.3 Å². The van der Waals surface area contributed by atoms with Crippen LogP contribution < -0.4 is 10.6 Å². The Bertz CT molecular complexity index is 2320. The van der Waals surface area contributed by atoms with Gasteiger partial charge in [-0.25, -0.2) is 9.59 Å². The van der Waals surface area contributed by atoms with Crippen LogP contribution in [-0.4, -0.2) is 109 Å². The van der Waals surface area contributed by atoms with Gasteiger partial charge in [-0.2, -0.15) is 0 Å². The van der Waals surface area contributed by atoms with Crippen molar-refractivity contribution in [1.29, 1.82) is 0 Å². The van der Waals surface area contributed by atoms with Gasteiger partial charge < -0.3 is 40.2 Å². The van der Waals surface area contributed by atoms with Gasteiger partial charge >= 0.3 is 11.9 Å². The standard InChI is InChI=1S/C43H48N6O8/c1-26-5-6-27(2)48(26)36-23-31(8-10-34(36)42(54)55)41(53)45-15-16-46-17-19-47(20-18-46)25-33-21-28(3)49(29(33)4)37-24-32(9-11-35(37)43(56)57)40(52)44-14-13-30-7-12-38(50)39(51)22-30/h5-12,21-24,50-51H,13-20,25H2,1-4H3,(H,44,52)(H,45,53)(H,54,55)(H,56,57). The lowest BCUT2D eigenvalue weighted by Gasteiger charge is -2.34. The van der Waals surface area contributed by atoms with Crippen LogP contribution in [0.25, 0.3) is 11.4 Å². The first kappa shape index (κ1) is 40.3. The molecule has 2 aromatic heterocycles. The summed E-state index contributed by atoms with van der Waals surface area (Å²) in [6.45, 7) is 12.9. The molecule has 3 heterocycles. The van der Waals surface area contributed by atoms with Gasteiger partial charge in [-0.3, -0.25) is 19.4 Å². The van der Waals surface area contributed by atoms with E-state index >= 15 is 0 Å². The van der Waals surface area contributed by atoms with Crippen LogP contribution in [0, 0.1) is 27.7 Å².